The number of benzene rings is 1. The summed E-state index contributed by atoms with van der Waals surface area (Å²) in [5.41, 5.74) is 6.47. The largest absolute Gasteiger partial charge is 0.352 e. The van der Waals surface area contributed by atoms with Crippen LogP contribution < -0.4 is 16.4 Å². The molecule has 0 bridgehead atoms. The number of nitrogens with one attached hydrogen (secondary N) is 2. The minimum absolute atomic E-state index is 0. The molecular weight excluding hydrogens is 352 g/mol. The van der Waals surface area contributed by atoms with Gasteiger partial charge in [-0.1, -0.05) is 32.9 Å². The molecule has 0 fully saturated rings. The van der Waals surface area contributed by atoms with E-state index in [1.54, 1.807) is 12.1 Å². The van der Waals surface area contributed by atoms with E-state index >= 15 is 0 Å². The number of nitrogens with two attached hydrogens (primary N) is 1. The molecule has 5 nitrogen and oxygen atoms in total. The Morgan fingerprint density at radius 2 is 1.64 bits per heavy atom. The van der Waals surface area contributed by atoms with Crippen molar-refractivity contribution in [3.8, 4) is 0 Å². The molecule has 142 valence electrons. The van der Waals surface area contributed by atoms with Gasteiger partial charge in [0.25, 0.3) is 11.8 Å². The molecule has 1 aromatic carbocycles. The van der Waals surface area contributed by atoms with Crippen LogP contribution in [0.3, 0.4) is 0 Å². The van der Waals surface area contributed by atoms with Crippen LogP contribution in [-0.2, 0) is 10.2 Å². The van der Waals surface area contributed by atoms with E-state index < -0.39 is 24.9 Å². The zero-order valence-corrected chi connectivity index (χ0v) is 15.5. The number of carbonyl (C=O) groups excluding carboxylic acids is 2. The first-order chi connectivity index (χ1) is 11.0. The summed E-state index contributed by atoms with van der Waals surface area (Å²) >= 11 is 0. The fourth-order valence-electron chi connectivity index (χ4n) is 1.90. The molecule has 0 spiro atoms. The summed E-state index contributed by atoms with van der Waals surface area (Å²) < 4.78 is 25.8. The van der Waals surface area contributed by atoms with Crippen molar-refractivity contribution in [3.05, 3.63) is 35.4 Å². The van der Waals surface area contributed by atoms with Gasteiger partial charge in [0.05, 0.1) is 13.1 Å². The fraction of sp³-hybridized carbons (Fsp3) is 0.529. The maximum Gasteiger partial charge on any atom is 0.277 e. The topological polar surface area (TPSA) is 84.2 Å². The van der Waals surface area contributed by atoms with Crippen molar-refractivity contribution < 1.29 is 18.4 Å². The third-order valence-corrected chi connectivity index (χ3v) is 3.49. The van der Waals surface area contributed by atoms with Gasteiger partial charge in [-0.2, -0.15) is 0 Å². The van der Waals surface area contributed by atoms with Crippen molar-refractivity contribution in [1.29, 1.82) is 0 Å². The second-order valence-electron chi connectivity index (χ2n) is 6.67. The van der Waals surface area contributed by atoms with Gasteiger partial charge in [0.15, 0.2) is 0 Å². The lowest BCUT2D eigenvalue weighted by Crippen LogP contribution is -2.42. The summed E-state index contributed by atoms with van der Waals surface area (Å²) in [7, 11) is 0. The Morgan fingerprint density at radius 3 is 2.12 bits per heavy atom. The number of hydrogen-bond acceptors (Lipinski definition) is 3. The smallest absolute Gasteiger partial charge is 0.277 e. The predicted octanol–water partition coefficient (Wildman–Crippen LogP) is 2.24. The Kier molecular flexibility index (Phi) is 9.01. The second-order valence-corrected chi connectivity index (χ2v) is 6.67. The predicted molar refractivity (Wildman–Crippen MR) is 96.4 cm³/mol. The lowest BCUT2D eigenvalue weighted by atomic mass is 9.87. The van der Waals surface area contributed by atoms with Crippen LogP contribution >= 0.6 is 12.4 Å². The maximum absolute atomic E-state index is 12.9. The van der Waals surface area contributed by atoms with Gasteiger partial charge in [-0.3, -0.25) is 9.59 Å². The highest BCUT2D eigenvalue weighted by Crippen LogP contribution is 2.22. The highest BCUT2D eigenvalue weighted by Gasteiger charge is 2.26. The lowest BCUT2D eigenvalue weighted by molar-refractivity contribution is -0.122. The zero-order valence-electron chi connectivity index (χ0n) is 14.7. The van der Waals surface area contributed by atoms with Crippen LogP contribution in [0.5, 0.6) is 0 Å². The summed E-state index contributed by atoms with van der Waals surface area (Å²) in [6, 6.07) is 7.21. The molecule has 0 aliphatic rings. The van der Waals surface area contributed by atoms with Gasteiger partial charge in [0, 0.05) is 18.5 Å². The number of carbonyl (C=O) groups is 2. The quantitative estimate of drug-likeness (QED) is 0.681. The van der Waals surface area contributed by atoms with E-state index in [9.17, 15) is 18.4 Å². The SMILES string of the molecule is CC(C)(C)c1ccc(C(=O)NCCC(=O)NCC(F)(F)CN)cc1.Cl. The highest BCUT2D eigenvalue weighted by atomic mass is 35.5. The first-order valence-corrected chi connectivity index (χ1v) is 7.78. The molecule has 0 unspecified atom stereocenters. The average Bonchev–Trinajstić information content (AvgIpc) is 2.52. The van der Waals surface area contributed by atoms with E-state index in [1.807, 2.05) is 12.1 Å². The van der Waals surface area contributed by atoms with Crippen LogP contribution in [0.15, 0.2) is 24.3 Å². The Labute approximate surface area is 153 Å². The number of hydrogen-bond donors (Lipinski definition) is 3. The second kappa shape index (κ2) is 9.68. The van der Waals surface area contributed by atoms with Crippen molar-refractivity contribution >= 4 is 24.2 Å². The minimum Gasteiger partial charge on any atom is -0.352 e. The van der Waals surface area contributed by atoms with Crippen molar-refractivity contribution in [1.82, 2.24) is 10.6 Å². The van der Waals surface area contributed by atoms with Gasteiger partial charge in [-0.15, -0.1) is 12.4 Å². The molecule has 0 aliphatic heterocycles. The molecule has 4 N–H and O–H groups in total. The first kappa shape index (κ1) is 23.3. The van der Waals surface area contributed by atoms with E-state index in [-0.39, 0.29) is 36.7 Å². The van der Waals surface area contributed by atoms with E-state index in [4.69, 9.17) is 5.73 Å². The normalized spacial score (nSPS) is 11.4. The van der Waals surface area contributed by atoms with E-state index in [0.29, 0.717) is 5.56 Å². The van der Waals surface area contributed by atoms with Crippen LogP contribution in [0, 0.1) is 0 Å². The van der Waals surface area contributed by atoms with Gasteiger partial charge in [-0.05, 0) is 23.1 Å². The fourth-order valence-corrected chi connectivity index (χ4v) is 1.90. The van der Waals surface area contributed by atoms with Crippen LogP contribution in [0.25, 0.3) is 0 Å². The summed E-state index contributed by atoms with van der Waals surface area (Å²) in [5.74, 6) is -3.99. The van der Waals surface area contributed by atoms with Gasteiger partial charge >= 0.3 is 0 Å². The molecule has 0 aliphatic carbocycles. The van der Waals surface area contributed by atoms with E-state index in [1.165, 1.54) is 0 Å². The molecule has 0 heterocycles. The summed E-state index contributed by atoms with van der Waals surface area (Å²) in [5, 5.41) is 4.68. The molecule has 2 amide bonds. The molecule has 0 atom stereocenters. The third-order valence-electron chi connectivity index (χ3n) is 3.49. The van der Waals surface area contributed by atoms with Gasteiger partial charge in [0.2, 0.25) is 5.91 Å². The van der Waals surface area contributed by atoms with Crippen molar-refractivity contribution in [2.45, 2.75) is 38.5 Å². The van der Waals surface area contributed by atoms with Crippen LogP contribution in [-0.4, -0.2) is 37.4 Å². The Balaban J connectivity index is 0.00000576. The molecule has 1 aromatic rings. The van der Waals surface area contributed by atoms with E-state index in [2.05, 4.69) is 31.4 Å². The monoisotopic (exact) mass is 377 g/mol. The average molecular weight is 378 g/mol. The molecule has 0 radical (unpaired) electrons. The van der Waals surface area contributed by atoms with Crippen LogP contribution in [0.1, 0.15) is 43.1 Å². The molecule has 8 heteroatoms. The Bertz CT molecular complexity index is 572. The summed E-state index contributed by atoms with van der Waals surface area (Å²) in [4.78, 5) is 23.4. The number of rotatable bonds is 7. The Hall–Kier alpha value is -1.73. The highest BCUT2D eigenvalue weighted by molar-refractivity contribution is 5.94. The third kappa shape index (κ3) is 8.27. The number of alkyl halides is 2. The molecule has 0 aromatic heterocycles. The van der Waals surface area contributed by atoms with Crippen molar-refractivity contribution in [3.63, 3.8) is 0 Å². The van der Waals surface area contributed by atoms with Gasteiger partial charge < -0.3 is 16.4 Å². The molecule has 25 heavy (non-hydrogen) atoms. The number of amides is 2. The van der Waals surface area contributed by atoms with Gasteiger partial charge in [0.1, 0.15) is 0 Å². The summed E-state index contributed by atoms with van der Waals surface area (Å²) in [6.07, 6.45) is -0.0769. The zero-order chi connectivity index (χ0) is 18.4. The van der Waals surface area contributed by atoms with Crippen LogP contribution in [0.2, 0.25) is 0 Å². The van der Waals surface area contributed by atoms with Crippen LogP contribution in [0.4, 0.5) is 8.78 Å². The van der Waals surface area contributed by atoms with E-state index in [0.717, 1.165) is 5.56 Å². The number of halogens is 3. The minimum atomic E-state index is -3.12. The Morgan fingerprint density at radius 1 is 1.08 bits per heavy atom. The maximum atomic E-state index is 12.9. The summed E-state index contributed by atoms with van der Waals surface area (Å²) in [6.45, 7) is 4.68. The molecule has 1 rings (SSSR count). The lowest BCUT2D eigenvalue weighted by Gasteiger charge is -2.19. The molecule has 0 saturated carbocycles. The molecule has 0 saturated heterocycles. The molecular formula is C17H26ClF2N3O2. The first-order valence-electron chi connectivity index (χ1n) is 7.78. The van der Waals surface area contributed by atoms with Gasteiger partial charge in [-0.25, -0.2) is 8.78 Å². The van der Waals surface area contributed by atoms with Crippen molar-refractivity contribution in [2.24, 2.45) is 5.73 Å². The van der Waals surface area contributed by atoms with Crippen molar-refractivity contribution in [2.75, 3.05) is 19.6 Å². The standard InChI is InChI=1S/C17H25F2N3O2.ClH/c1-16(2,3)13-6-4-12(5-7-13)15(24)21-9-8-14(23)22-11-17(18,19)10-20;/h4-7H,8-11,20H2,1-3H3,(H,21,24)(H,22,23);1H.